The van der Waals surface area contributed by atoms with Crippen molar-refractivity contribution in [1.82, 2.24) is 15.3 Å². The Labute approximate surface area is 130 Å². The fourth-order valence-corrected chi connectivity index (χ4v) is 3.89. The Morgan fingerprint density at radius 1 is 1.09 bits per heavy atom. The molecular formula is C18H21N3O. The second-order valence-corrected chi connectivity index (χ2v) is 6.49. The van der Waals surface area contributed by atoms with Crippen LogP contribution in [0.4, 0.5) is 0 Å². The molecule has 1 saturated carbocycles. The van der Waals surface area contributed by atoms with Gasteiger partial charge in [0.25, 0.3) is 5.91 Å². The summed E-state index contributed by atoms with van der Waals surface area (Å²) in [6.45, 7) is 0. The van der Waals surface area contributed by atoms with Crippen LogP contribution in [0, 0.1) is 5.92 Å². The van der Waals surface area contributed by atoms with Crippen molar-refractivity contribution >= 4 is 5.91 Å². The summed E-state index contributed by atoms with van der Waals surface area (Å²) >= 11 is 0. The van der Waals surface area contributed by atoms with E-state index in [1.54, 1.807) is 12.4 Å². The van der Waals surface area contributed by atoms with Gasteiger partial charge in [-0.2, -0.15) is 0 Å². The van der Waals surface area contributed by atoms with Gasteiger partial charge in [0.2, 0.25) is 0 Å². The van der Waals surface area contributed by atoms with Crippen LogP contribution >= 0.6 is 0 Å². The SMILES string of the molecule is O=C1N[C@@H](C2CCCCC2)Cc2[nH]c(-c3ccncc3)cc21. The second-order valence-electron chi connectivity index (χ2n) is 6.49. The highest BCUT2D eigenvalue weighted by molar-refractivity contribution is 5.98. The van der Waals surface area contributed by atoms with E-state index in [-0.39, 0.29) is 5.91 Å². The Bertz CT molecular complexity index is 671. The first-order valence-corrected chi connectivity index (χ1v) is 8.24. The van der Waals surface area contributed by atoms with Crippen LogP contribution in [-0.2, 0) is 6.42 Å². The van der Waals surface area contributed by atoms with Crippen molar-refractivity contribution in [1.29, 1.82) is 0 Å². The minimum Gasteiger partial charge on any atom is -0.358 e. The Kier molecular flexibility index (Phi) is 3.45. The van der Waals surface area contributed by atoms with E-state index >= 15 is 0 Å². The zero-order valence-corrected chi connectivity index (χ0v) is 12.6. The molecule has 0 saturated heterocycles. The second kappa shape index (κ2) is 5.59. The summed E-state index contributed by atoms with van der Waals surface area (Å²) < 4.78 is 0. The number of fused-ring (bicyclic) bond motifs is 1. The summed E-state index contributed by atoms with van der Waals surface area (Å²) in [7, 11) is 0. The molecule has 0 aromatic carbocycles. The summed E-state index contributed by atoms with van der Waals surface area (Å²) in [6.07, 6.45) is 10.9. The molecule has 1 fully saturated rings. The topological polar surface area (TPSA) is 57.8 Å². The quantitative estimate of drug-likeness (QED) is 0.893. The number of hydrogen-bond acceptors (Lipinski definition) is 2. The van der Waals surface area contributed by atoms with Gasteiger partial charge >= 0.3 is 0 Å². The fourth-order valence-electron chi connectivity index (χ4n) is 3.89. The number of hydrogen-bond donors (Lipinski definition) is 2. The number of pyridine rings is 1. The van der Waals surface area contributed by atoms with Crippen LogP contribution in [0.1, 0.15) is 48.2 Å². The number of rotatable bonds is 2. The van der Waals surface area contributed by atoms with E-state index < -0.39 is 0 Å². The van der Waals surface area contributed by atoms with E-state index in [1.807, 2.05) is 18.2 Å². The van der Waals surface area contributed by atoms with Crippen molar-refractivity contribution in [3.8, 4) is 11.3 Å². The predicted molar refractivity (Wildman–Crippen MR) is 85.6 cm³/mol. The van der Waals surface area contributed by atoms with Crippen LogP contribution in [0.3, 0.4) is 0 Å². The molecule has 0 radical (unpaired) electrons. The normalized spacial score (nSPS) is 22.2. The van der Waals surface area contributed by atoms with Crippen LogP contribution in [0.2, 0.25) is 0 Å². The minimum absolute atomic E-state index is 0.0772. The van der Waals surface area contributed by atoms with Crippen molar-refractivity contribution in [2.24, 2.45) is 5.92 Å². The molecule has 22 heavy (non-hydrogen) atoms. The lowest BCUT2D eigenvalue weighted by molar-refractivity contribution is 0.0896. The van der Waals surface area contributed by atoms with Gasteiger partial charge in [0.1, 0.15) is 0 Å². The van der Waals surface area contributed by atoms with E-state index in [1.165, 1.54) is 32.1 Å². The van der Waals surface area contributed by atoms with Crippen LogP contribution < -0.4 is 5.32 Å². The van der Waals surface area contributed by atoms with Gasteiger partial charge in [0.05, 0.1) is 5.56 Å². The third kappa shape index (κ3) is 2.43. The number of H-pyrrole nitrogens is 1. The number of nitrogens with zero attached hydrogens (tertiary/aromatic N) is 1. The standard InChI is InChI=1S/C18H21N3O/c22-18-14-10-15(13-6-8-19-9-7-13)20-17(14)11-16(21-18)12-4-2-1-3-5-12/h6-10,12,16,20H,1-5,11H2,(H,21,22)/t16-/m1/s1. The van der Waals surface area contributed by atoms with Gasteiger partial charge < -0.3 is 10.3 Å². The van der Waals surface area contributed by atoms with E-state index in [0.717, 1.165) is 28.9 Å². The number of amides is 1. The highest BCUT2D eigenvalue weighted by Gasteiger charge is 2.32. The lowest BCUT2D eigenvalue weighted by Crippen LogP contribution is -2.46. The summed E-state index contributed by atoms with van der Waals surface area (Å²) in [5, 5.41) is 3.24. The summed E-state index contributed by atoms with van der Waals surface area (Å²) in [5.41, 5.74) is 3.98. The molecule has 4 rings (SSSR count). The molecule has 1 aliphatic heterocycles. The maximum atomic E-state index is 12.4. The minimum atomic E-state index is 0.0772. The first kappa shape index (κ1) is 13.6. The largest absolute Gasteiger partial charge is 0.358 e. The first-order valence-electron chi connectivity index (χ1n) is 8.24. The lowest BCUT2D eigenvalue weighted by Gasteiger charge is -2.33. The summed E-state index contributed by atoms with van der Waals surface area (Å²) in [5.74, 6) is 0.715. The molecule has 2 aromatic heterocycles. The van der Waals surface area contributed by atoms with Gasteiger partial charge in [-0.15, -0.1) is 0 Å². The van der Waals surface area contributed by atoms with Crippen molar-refractivity contribution in [3.05, 3.63) is 41.9 Å². The zero-order valence-electron chi connectivity index (χ0n) is 12.6. The third-order valence-corrected chi connectivity index (χ3v) is 5.09. The van der Waals surface area contributed by atoms with Gasteiger partial charge in [0.15, 0.2) is 0 Å². The van der Waals surface area contributed by atoms with Gasteiger partial charge in [-0.3, -0.25) is 9.78 Å². The number of nitrogens with one attached hydrogen (secondary N) is 2. The molecule has 2 N–H and O–H groups in total. The molecular weight excluding hydrogens is 274 g/mol. The highest BCUT2D eigenvalue weighted by atomic mass is 16.1. The Hall–Kier alpha value is -2.10. The third-order valence-electron chi connectivity index (χ3n) is 5.09. The Balaban J connectivity index is 1.61. The first-order chi connectivity index (χ1) is 10.8. The van der Waals surface area contributed by atoms with E-state index in [9.17, 15) is 4.79 Å². The Morgan fingerprint density at radius 2 is 1.86 bits per heavy atom. The summed E-state index contributed by atoms with van der Waals surface area (Å²) in [6, 6.07) is 6.20. The maximum absolute atomic E-state index is 12.4. The number of aromatic nitrogens is 2. The van der Waals surface area contributed by atoms with Crippen LogP contribution in [0.5, 0.6) is 0 Å². The van der Waals surface area contributed by atoms with Gasteiger partial charge in [-0.25, -0.2) is 0 Å². The monoisotopic (exact) mass is 295 g/mol. The Morgan fingerprint density at radius 3 is 2.64 bits per heavy atom. The maximum Gasteiger partial charge on any atom is 0.253 e. The van der Waals surface area contributed by atoms with Crippen LogP contribution in [-0.4, -0.2) is 21.9 Å². The molecule has 0 unspecified atom stereocenters. The molecule has 4 nitrogen and oxygen atoms in total. The van der Waals surface area contributed by atoms with Gasteiger partial charge in [-0.05, 0) is 37.0 Å². The number of aromatic amines is 1. The predicted octanol–water partition coefficient (Wildman–Crippen LogP) is 3.31. The number of carbonyl (C=O) groups is 1. The molecule has 0 bridgehead atoms. The fraction of sp³-hybridized carbons (Fsp3) is 0.444. The molecule has 1 amide bonds. The smallest absolute Gasteiger partial charge is 0.253 e. The molecule has 2 aromatic rings. The molecule has 4 heteroatoms. The van der Waals surface area contributed by atoms with E-state index in [0.29, 0.717) is 12.0 Å². The molecule has 0 spiro atoms. The highest BCUT2D eigenvalue weighted by Crippen LogP contribution is 2.32. The molecule has 1 aliphatic carbocycles. The van der Waals surface area contributed by atoms with E-state index in [2.05, 4.69) is 15.3 Å². The molecule has 1 atom stereocenters. The lowest BCUT2D eigenvalue weighted by atomic mass is 9.80. The average molecular weight is 295 g/mol. The van der Waals surface area contributed by atoms with Crippen LogP contribution in [0.25, 0.3) is 11.3 Å². The van der Waals surface area contributed by atoms with Crippen molar-refractivity contribution in [2.75, 3.05) is 0 Å². The molecule has 114 valence electrons. The van der Waals surface area contributed by atoms with Gasteiger partial charge in [0, 0.05) is 41.8 Å². The average Bonchev–Trinajstić information content (AvgIpc) is 3.01. The van der Waals surface area contributed by atoms with Gasteiger partial charge in [-0.1, -0.05) is 19.3 Å². The summed E-state index contributed by atoms with van der Waals surface area (Å²) in [4.78, 5) is 19.9. The number of carbonyl (C=O) groups excluding carboxylic acids is 1. The van der Waals surface area contributed by atoms with Crippen molar-refractivity contribution < 1.29 is 4.79 Å². The van der Waals surface area contributed by atoms with Crippen LogP contribution in [0.15, 0.2) is 30.6 Å². The molecule has 3 heterocycles. The van der Waals surface area contributed by atoms with E-state index in [4.69, 9.17) is 0 Å². The van der Waals surface area contributed by atoms with Crippen molar-refractivity contribution in [2.45, 2.75) is 44.6 Å². The zero-order chi connectivity index (χ0) is 14.9. The molecule has 2 aliphatic rings. The van der Waals surface area contributed by atoms with Crippen molar-refractivity contribution in [3.63, 3.8) is 0 Å².